The topological polar surface area (TPSA) is 3.24 Å². The molecule has 0 heterocycles. The van der Waals surface area contributed by atoms with E-state index in [9.17, 15) is 0 Å². The molecule has 0 rings (SSSR count). The van der Waals surface area contributed by atoms with Crippen molar-refractivity contribution in [3.63, 3.8) is 0 Å². The maximum atomic E-state index is 2.81. The van der Waals surface area contributed by atoms with Crippen molar-refractivity contribution in [1.82, 2.24) is 4.90 Å². The lowest BCUT2D eigenvalue weighted by atomic mass is 10.1. The average molecular weight is 438 g/mol. The molecule has 0 saturated carbocycles. The van der Waals surface area contributed by atoms with Gasteiger partial charge in [0.25, 0.3) is 0 Å². The van der Waals surface area contributed by atoms with Gasteiger partial charge in [0.05, 0.1) is 0 Å². The Morgan fingerprint density at radius 2 is 0.452 bits per heavy atom. The molecule has 0 fully saturated rings. The van der Waals surface area contributed by atoms with Crippen molar-refractivity contribution in [2.75, 3.05) is 19.6 Å². The Morgan fingerprint density at radius 3 is 0.710 bits per heavy atom. The summed E-state index contributed by atoms with van der Waals surface area (Å²) in [6.07, 6.45) is 34.7. The van der Waals surface area contributed by atoms with E-state index in [1.165, 1.54) is 174 Å². The minimum atomic E-state index is 1.36. The van der Waals surface area contributed by atoms with Gasteiger partial charge >= 0.3 is 0 Å². The Bertz CT molecular complexity index is 277. The van der Waals surface area contributed by atoms with Gasteiger partial charge in [-0.05, 0) is 38.9 Å². The molecule has 0 bridgehead atoms. The summed E-state index contributed by atoms with van der Waals surface area (Å²) in [4.78, 5) is 2.81. The van der Waals surface area contributed by atoms with E-state index < -0.39 is 0 Å². The van der Waals surface area contributed by atoms with Gasteiger partial charge in [-0.1, -0.05) is 156 Å². The van der Waals surface area contributed by atoms with Crippen LogP contribution >= 0.6 is 0 Å². The highest BCUT2D eigenvalue weighted by molar-refractivity contribution is 4.60. The summed E-state index contributed by atoms with van der Waals surface area (Å²) >= 11 is 0. The standard InChI is InChI=1S/C30H63N/c1-4-7-10-13-15-17-19-21-23-26-29-31(28-25-12-9-6-3)30-27-24-22-20-18-16-14-11-8-5-2/h4-30H2,1-3H3. The van der Waals surface area contributed by atoms with Crippen molar-refractivity contribution in [3.05, 3.63) is 0 Å². The minimum Gasteiger partial charge on any atom is -0.303 e. The van der Waals surface area contributed by atoms with Gasteiger partial charge in [0.2, 0.25) is 0 Å². The van der Waals surface area contributed by atoms with Crippen LogP contribution in [0.5, 0.6) is 0 Å². The summed E-state index contributed by atoms with van der Waals surface area (Å²) in [5.74, 6) is 0. The van der Waals surface area contributed by atoms with E-state index in [2.05, 4.69) is 25.7 Å². The fraction of sp³-hybridized carbons (Fsp3) is 1.00. The molecule has 0 atom stereocenters. The molecule has 0 aliphatic heterocycles. The summed E-state index contributed by atoms with van der Waals surface area (Å²) in [6.45, 7) is 11.0. The molecule has 0 unspecified atom stereocenters. The van der Waals surface area contributed by atoms with E-state index in [-0.39, 0.29) is 0 Å². The van der Waals surface area contributed by atoms with Gasteiger partial charge in [-0.3, -0.25) is 0 Å². The molecule has 0 N–H and O–H groups in total. The molecule has 188 valence electrons. The monoisotopic (exact) mass is 437 g/mol. The van der Waals surface area contributed by atoms with Crippen LogP contribution in [0.25, 0.3) is 0 Å². The molecular weight excluding hydrogens is 374 g/mol. The number of unbranched alkanes of at least 4 members (excludes halogenated alkanes) is 21. The third-order valence-electron chi connectivity index (χ3n) is 6.98. The maximum absolute atomic E-state index is 2.81. The third-order valence-corrected chi connectivity index (χ3v) is 6.98. The number of hydrogen-bond acceptors (Lipinski definition) is 1. The van der Waals surface area contributed by atoms with Crippen molar-refractivity contribution in [3.8, 4) is 0 Å². The first-order valence-corrected chi connectivity index (χ1v) is 15.1. The van der Waals surface area contributed by atoms with Crippen LogP contribution in [-0.4, -0.2) is 24.5 Å². The molecule has 0 radical (unpaired) electrons. The third kappa shape index (κ3) is 26.1. The van der Waals surface area contributed by atoms with Gasteiger partial charge in [0.1, 0.15) is 0 Å². The normalized spacial score (nSPS) is 11.6. The molecule has 0 aromatic carbocycles. The largest absolute Gasteiger partial charge is 0.303 e. The smallest absolute Gasteiger partial charge is 0.00187 e. The lowest BCUT2D eigenvalue weighted by Gasteiger charge is -2.22. The first kappa shape index (κ1) is 31.0. The van der Waals surface area contributed by atoms with Crippen LogP contribution in [0, 0.1) is 0 Å². The van der Waals surface area contributed by atoms with E-state index in [1.54, 1.807) is 0 Å². The van der Waals surface area contributed by atoms with Crippen LogP contribution in [-0.2, 0) is 0 Å². The summed E-state index contributed by atoms with van der Waals surface area (Å²) in [6, 6.07) is 0. The van der Waals surface area contributed by atoms with Crippen LogP contribution in [0.15, 0.2) is 0 Å². The molecular formula is C30H63N. The second kappa shape index (κ2) is 28.0. The Labute approximate surface area is 199 Å². The number of hydrogen-bond donors (Lipinski definition) is 0. The lowest BCUT2D eigenvalue weighted by molar-refractivity contribution is 0.254. The van der Waals surface area contributed by atoms with Crippen LogP contribution in [0.3, 0.4) is 0 Å². The highest BCUT2D eigenvalue weighted by atomic mass is 15.1. The van der Waals surface area contributed by atoms with E-state index in [1.807, 2.05) is 0 Å². The van der Waals surface area contributed by atoms with E-state index in [0.717, 1.165) is 0 Å². The van der Waals surface area contributed by atoms with Crippen molar-refractivity contribution in [2.24, 2.45) is 0 Å². The molecule has 0 spiro atoms. The predicted octanol–water partition coefficient (Wildman–Crippen LogP) is 10.7. The fourth-order valence-corrected chi connectivity index (χ4v) is 4.74. The van der Waals surface area contributed by atoms with E-state index in [4.69, 9.17) is 0 Å². The van der Waals surface area contributed by atoms with Crippen LogP contribution in [0.2, 0.25) is 0 Å². The molecule has 0 amide bonds. The van der Waals surface area contributed by atoms with Crippen molar-refractivity contribution < 1.29 is 0 Å². The highest BCUT2D eigenvalue weighted by Gasteiger charge is 2.05. The highest BCUT2D eigenvalue weighted by Crippen LogP contribution is 2.13. The second-order valence-corrected chi connectivity index (χ2v) is 10.3. The van der Waals surface area contributed by atoms with Gasteiger partial charge in [-0.25, -0.2) is 0 Å². The first-order valence-electron chi connectivity index (χ1n) is 15.1. The summed E-state index contributed by atoms with van der Waals surface area (Å²) in [5, 5.41) is 0. The van der Waals surface area contributed by atoms with Crippen LogP contribution in [0.1, 0.15) is 175 Å². The van der Waals surface area contributed by atoms with Crippen LogP contribution in [0.4, 0.5) is 0 Å². The molecule has 0 aliphatic carbocycles. The van der Waals surface area contributed by atoms with Crippen molar-refractivity contribution in [2.45, 2.75) is 175 Å². The van der Waals surface area contributed by atoms with Crippen LogP contribution < -0.4 is 0 Å². The summed E-state index contributed by atoms with van der Waals surface area (Å²) in [7, 11) is 0. The van der Waals surface area contributed by atoms with Gasteiger partial charge in [-0.2, -0.15) is 0 Å². The maximum Gasteiger partial charge on any atom is -0.00187 e. The molecule has 0 aromatic rings. The number of rotatable bonds is 27. The Kier molecular flexibility index (Phi) is 28.0. The molecule has 0 aliphatic rings. The first-order chi connectivity index (χ1) is 15.3. The lowest BCUT2D eigenvalue weighted by Crippen LogP contribution is -2.27. The van der Waals surface area contributed by atoms with Gasteiger partial charge in [0.15, 0.2) is 0 Å². The van der Waals surface area contributed by atoms with E-state index in [0.29, 0.717) is 0 Å². The summed E-state index contributed by atoms with van der Waals surface area (Å²) < 4.78 is 0. The zero-order valence-corrected chi connectivity index (χ0v) is 22.5. The minimum absolute atomic E-state index is 1.36. The Morgan fingerprint density at radius 1 is 0.258 bits per heavy atom. The molecule has 1 heteroatoms. The molecule has 0 aromatic heterocycles. The van der Waals surface area contributed by atoms with Gasteiger partial charge in [-0.15, -0.1) is 0 Å². The SMILES string of the molecule is CCCCCCCCCCCCN(CCCCCC)CCCCCCCCCCCC. The molecule has 0 saturated heterocycles. The molecule has 31 heavy (non-hydrogen) atoms. The van der Waals surface area contributed by atoms with Gasteiger partial charge in [0, 0.05) is 0 Å². The average Bonchev–Trinajstić information content (AvgIpc) is 2.78. The van der Waals surface area contributed by atoms with E-state index >= 15 is 0 Å². The summed E-state index contributed by atoms with van der Waals surface area (Å²) in [5.41, 5.74) is 0. The fourth-order valence-electron chi connectivity index (χ4n) is 4.74. The second-order valence-electron chi connectivity index (χ2n) is 10.3. The predicted molar refractivity (Wildman–Crippen MR) is 144 cm³/mol. The van der Waals surface area contributed by atoms with Crippen molar-refractivity contribution in [1.29, 1.82) is 0 Å². The molecule has 1 nitrogen and oxygen atoms in total. The van der Waals surface area contributed by atoms with Crippen molar-refractivity contribution >= 4 is 0 Å². The zero-order chi connectivity index (χ0) is 22.7. The quantitative estimate of drug-likeness (QED) is 0.115. The number of nitrogens with zero attached hydrogens (tertiary/aromatic N) is 1. The Balaban J connectivity index is 3.68. The Hall–Kier alpha value is -0.0400. The zero-order valence-electron chi connectivity index (χ0n) is 22.5. The van der Waals surface area contributed by atoms with Gasteiger partial charge < -0.3 is 4.90 Å².